The quantitative estimate of drug-likeness (QED) is 0.513. The summed E-state index contributed by atoms with van der Waals surface area (Å²) in [6.45, 7) is 4.26. The van der Waals surface area contributed by atoms with Gasteiger partial charge in [-0.1, -0.05) is 13.8 Å². The first-order valence-electron chi connectivity index (χ1n) is 6.95. The second-order valence-corrected chi connectivity index (χ2v) is 5.50. The molecule has 4 heteroatoms. The molecule has 0 aliphatic heterocycles. The molecule has 0 saturated heterocycles. The summed E-state index contributed by atoms with van der Waals surface area (Å²) in [7, 11) is 1.61. The molecule has 0 spiro atoms. The van der Waals surface area contributed by atoms with Gasteiger partial charge in [0.15, 0.2) is 0 Å². The lowest BCUT2D eigenvalue weighted by Gasteiger charge is -2.23. The van der Waals surface area contributed by atoms with E-state index in [1.54, 1.807) is 7.11 Å². The molecular formula is C16H23ClO3. The van der Waals surface area contributed by atoms with Crippen LogP contribution in [0.25, 0.3) is 0 Å². The van der Waals surface area contributed by atoms with Crippen molar-refractivity contribution in [3.05, 3.63) is 23.8 Å². The highest BCUT2D eigenvalue weighted by molar-refractivity contribution is 6.17. The first kappa shape index (κ1) is 16.8. The van der Waals surface area contributed by atoms with Crippen LogP contribution in [0.3, 0.4) is 0 Å². The van der Waals surface area contributed by atoms with Crippen LogP contribution < -0.4 is 9.47 Å². The van der Waals surface area contributed by atoms with Gasteiger partial charge in [-0.25, -0.2) is 0 Å². The number of alkyl halides is 1. The van der Waals surface area contributed by atoms with Gasteiger partial charge in [0.1, 0.15) is 23.9 Å². The molecular weight excluding hydrogens is 276 g/mol. The molecule has 0 fully saturated rings. The monoisotopic (exact) mass is 298 g/mol. The summed E-state index contributed by atoms with van der Waals surface area (Å²) in [4.78, 5) is 10.7. The Morgan fingerprint density at radius 2 is 1.95 bits per heavy atom. The number of hydrogen-bond donors (Lipinski definition) is 0. The molecule has 0 saturated carbocycles. The van der Waals surface area contributed by atoms with Crippen LogP contribution >= 0.6 is 11.6 Å². The second-order valence-electron chi connectivity index (χ2n) is 5.12. The Hall–Kier alpha value is -1.22. The van der Waals surface area contributed by atoms with E-state index in [0.29, 0.717) is 24.0 Å². The minimum Gasteiger partial charge on any atom is -0.497 e. The molecule has 20 heavy (non-hydrogen) atoms. The molecule has 3 nitrogen and oxygen atoms in total. The number of carbonyl (C=O) groups excluding carboxylic acids is 1. The van der Waals surface area contributed by atoms with Gasteiger partial charge in [-0.05, 0) is 36.5 Å². The molecule has 1 atom stereocenters. The van der Waals surface area contributed by atoms with Crippen molar-refractivity contribution in [3.8, 4) is 11.5 Å². The van der Waals surface area contributed by atoms with Gasteiger partial charge in [0.2, 0.25) is 0 Å². The van der Waals surface area contributed by atoms with Gasteiger partial charge in [0.25, 0.3) is 0 Å². The van der Waals surface area contributed by atoms with Crippen LogP contribution in [0.5, 0.6) is 11.5 Å². The Morgan fingerprint density at radius 1 is 1.25 bits per heavy atom. The molecule has 1 rings (SSSR count). The average Bonchev–Trinajstić information content (AvgIpc) is 2.43. The smallest absolute Gasteiger partial charge is 0.124 e. The summed E-state index contributed by atoms with van der Waals surface area (Å²) in [6.07, 6.45) is 3.20. The van der Waals surface area contributed by atoms with Crippen LogP contribution in [-0.4, -0.2) is 25.4 Å². The number of aldehydes is 1. The molecule has 1 unspecified atom stereocenters. The van der Waals surface area contributed by atoms with Crippen molar-refractivity contribution in [2.75, 3.05) is 13.0 Å². The number of ether oxygens (including phenoxy) is 2. The maximum absolute atomic E-state index is 10.7. The summed E-state index contributed by atoms with van der Waals surface area (Å²) < 4.78 is 11.3. The van der Waals surface area contributed by atoms with Gasteiger partial charge >= 0.3 is 0 Å². The van der Waals surface area contributed by atoms with Gasteiger partial charge < -0.3 is 14.3 Å². The number of methoxy groups -OCH3 is 1. The lowest BCUT2D eigenvalue weighted by atomic mass is 10.0. The van der Waals surface area contributed by atoms with E-state index in [4.69, 9.17) is 21.1 Å². The zero-order valence-electron chi connectivity index (χ0n) is 12.4. The molecule has 0 heterocycles. The van der Waals surface area contributed by atoms with E-state index < -0.39 is 0 Å². The van der Waals surface area contributed by atoms with Gasteiger partial charge in [-0.2, -0.15) is 0 Å². The molecule has 0 bridgehead atoms. The fourth-order valence-electron chi connectivity index (χ4n) is 2.01. The highest BCUT2D eigenvalue weighted by atomic mass is 35.5. The first-order chi connectivity index (χ1) is 9.60. The maximum atomic E-state index is 10.7. The Morgan fingerprint density at radius 3 is 2.50 bits per heavy atom. The fourth-order valence-corrected chi connectivity index (χ4v) is 2.17. The van der Waals surface area contributed by atoms with Crippen LogP contribution in [-0.2, 0) is 11.2 Å². The Bertz CT molecular complexity index is 418. The Balaban J connectivity index is 2.86. The molecule has 0 aromatic heterocycles. The number of hydrogen-bond acceptors (Lipinski definition) is 3. The van der Waals surface area contributed by atoms with Crippen LogP contribution in [0.4, 0.5) is 0 Å². The minimum atomic E-state index is 0.116. The predicted molar refractivity (Wildman–Crippen MR) is 82.0 cm³/mol. The minimum absolute atomic E-state index is 0.116. The number of benzene rings is 1. The summed E-state index contributed by atoms with van der Waals surface area (Å²) in [5, 5.41) is 0. The molecule has 0 N–H and O–H groups in total. The van der Waals surface area contributed by atoms with E-state index in [9.17, 15) is 4.79 Å². The lowest BCUT2D eigenvalue weighted by Crippen LogP contribution is -2.23. The first-order valence-corrected chi connectivity index (χ1v) is 7.48. The molecule has 0 amide bonds. The summed E-state index contributed by atoms with van der Waals surface area (Å²) in [5.41, 5.74) is 0.897. The molecule has 0 aliphatic rings. The topological polar surface area (TPSA) is 35.5 Å². The van der Waals surface area contributed by atoms with Gasteiger partial charge in [0.05, 0.1) is 7.11 Å². The van der Waals surface area contributed by atoms with Crippen LogP contribution in [0.2, 0.25) is 0 Å². The third-order valence-corrected chi connectivity index (χ3v) is 3.42. The highest BCUT2D eigenvalue weighted by Crippen LogP contribution is 2.26. The van der Waals surface area contributed by atoms with Crippen molar-refractivity contribution >= 4 is 17.9 Å². The largest absolute Gasteiger partial charge is 0.497 e. The SMILES string of the molecule is COc1cc(CC=O)cc(OC(CCCCl)C(C)C)c1. The van der Waals surface area contributed by atoms with Crippen molar-refractivity contribution in [1.82, 2.24) is 0 Å². The Kier molecular flexibility index (Phi) is 7.45. The van der Waals surface area contributed by atoms with E-state index in [-0.39, 0.29) is 6.10 Å². The standard InChI is InChI=1S/C16H23ClO3/c1-12(2)16(5-4-7-17)20-15-10-13(6-8-18)9-14(11-15)19-3/h8-12,16H,4-7H2,1-3H3. The van der Waals surface area contributed by atoms with E-state index in [2.05, 4.69) is 13.8 Å². The normalized spacial score (nSPS) is 12.2. The van der Waals surface area contributed by atoms with Gasteiger partial charge in [-0.3, -0.25) is 0 Å². The number of halogens is 1. The third-order valence-electron chi connectivity index (χ3n) is 3.15. The van der Waals surface area contributed by atoms with Crippen molar-refractivity contribution in [2.45, 2.75) is 39.2 Å². The molecule has 1 aromatic carbocycles. The molecule has 112 valence electrons. The van der Waals surface area contributed by atoms with Crippen molar-refractivity contribution < 1.29 is 14.3 Å². The van der Waals surface area contributed by atoms with E-state index in [1.807, 2.05) is 18.2 Å². The van der Waals surface area contributed by atoms with E-state index in [0.717, 1.165) is 30.4 Å². The van der Waals surface area contributed by atoms with Crippen LogP contribution in [0, 0.1) is 5.92 Å². The van der Waals surface area contributed by atoms with Crippen LogP contribution in [0.1, 0.15) is 32.3 Å². The van der Waals surface area contributed by atoms with Crippen molar-refractivity contribution in [3.63, 3.8) is 0 Å². The molecule has 0 aliphatic carbocycles. The Labute approximate surface area is 126 Å². The van der Waals surface area contributed by atoms with Gasteiger partial charge in [-0.15, -0.1) is 11.6 Å². The molecule has 0 radical (unpaired) electrons. The van der Waals surface area contributed by atoms with Gasteiger partial charge in [0, 0.05) is 18.4 Å². The third kappa shape index (κ3) is 5.41. The zero-order valence-corrected chi connectivity index (χ0v) is 13.2. The average molecular weight is 299 g/mol. The summed E-state index contributed by atoms with van der Waals surface area (Å²) in [6, 6.07) is 5.60. The fraction of sp³-hybridized carbons (Fsp3) is 0.562. The highest BCUT2D eigenvalue weighted by Gasteiger charge is 2.15. The van der Waals surface area contributed by atoms with E-state index >= 15 is 0 Å². The van der Waals surface area contributed by atoms with Crippen molar-refractivity contribution in [2.24, 2.45) is 5.92 Å². The summed E-state index contributed by atoms with van der Waals surface area (Å²) >= 11 is 5.75. The maximum Gasteiger partial charge on any atom is 0.124 e. The van der Waals surface area contributed by atoms with Crippen molar-refractivity contribution in [1.29, 1.82) is 0 Å². The lowest BCUT2D eigenvalue weighted by molar-refractivity contribution is -0.107. The second kappa shape index (κ2) is 8.85. The summed E-state index contributed by atoms with van der Waals surface area (Å²) in [5.74, 6) is 2.49. The van der Waals surface area contributed by atoms with E-state index in [1.165, 1.54) is 0 Å². The molecule has 1 aromatic rings. The van der Waals surface area contributed by atoms with Crippen LogP contribution in [0.15, 0.2) is 18.2 Å². The predicted octanol–water partition coefficient (Wildman–Crippen LogP) is 3.86. The zero-order chi connectivity index (χ0) is 15.0. The number of rotatable bonds is 9. The number of carbonyl (C=O) groups is 1.